The summed E-state index contributed by atoms with van der Waals surface area (Å²) < 4.78 is 7.23. The van der Waals surface area contributed by atoms with Crippen LogP contribution in [-0.4, -0.2) is 41.5 Å². The van der Waals surface area contributed by atoms with Crippen molar-refractivity contribution in [1.29, 1.82) is 0 Å². The van der Waals surface area contributed by atoms with Crippen molar-refractivity contribution in [2.24, 2.45) is 0 Å². The molecule has 1 fully saturated rings. The third-order valence-electron chi connectivity index (χ3n) is 3.42. The number of ether oxygens (including phenoxy) is 1. The highest BCUT2D eigenvalue weighted by Crippen LogP contribution is 2.13. The number of nitrogens with one attached hydrogen (secondary N) is 2. The molecule has 2 heterocycles. The van der Waals surface area contributed by atoms with Crippen molar-refractivity contribution in [1.82, 2.24) is 20.4 Å². The number of halogens is 1. The van der Waals surface area contributed by atoms with E-state index in [0.29, 0.717) is 19.7 Å². The Morgan fingerprint density at radius 1 is 1.41 bits per heavy atom. The van der Waals surface area contributed by atoms with E-state index in [1.807, 2.05) is 36.5 Å². The molecule has 0 saturated carbocycles. The second kappa shape index (κ2) is 7.93. The van der Waals surface area contributed by atoms with Crippen LogP contribution in [0.3, 0.4) is 0 Å². The van der Waals surface area contributed by atoms with Crippen LogP contribution in [0.25, 0.3) is 5.69 Å². The molecular formula is C15H19ClN4O2. The molecule has 0 bridgehead atoms. The summed E-state index contributed by atoms with van der Waals surface area (Å²) in [6, 6.07) is 9.74. The Bertz CT molecular complexity index is 597. The normalized spacial score (nSPS) is 17.5. The van der Waals surface area contributed by atoms with Crippen LogP contribution in [0.2, 0.25) is 0 Å². The number of benzene rings is 1. The van der Waals surface area contributed by atoms with Gasteiger partial charge in [0.05, 0.1) is 12.3 Å². The Labute approximate surface area is 135 Å². The van der Waals surface area contributed by atoms with E-state index >= 15 is 0 Å². The SMILES string of the molecule is Cl.O=C(NCc1ccccc1-n1cccn1)C1CNCCO1. The Hall–Kier alpha value is -1.89. The van der Waals surface area contributed by atoms with Crippen LogP contribution in [0, 0.1) is 0 Å². The van der Waals surface area contributed by atoms with Crippen LogP contribution in [-0.2, 0) is 16.1 Å². The molecule has 1 saturated heterocycles. The number of nitrogens with zero attached hydrogens (tertiary/aromatic N) is 2. The highest BCUT2D eigenvalue weighted by molar-refractivity contribution is 5.85. The van der Waals surface area contributed by atoms with Gasteiger partial charge < -0.3 is 15.4 Å². The van der Waals surface area contributed by atoms with E-state index in [-0.39, 0.29) is 18.3 Å². The van der Waals surface area contributed by atoms with Crippen molar-refractivity contribution in [3.05, 3.63) is 48.3 Å². The lowest BCUT2D eigenvalue weighted by Gasteiger charge is -2.23. The van der Waals surface area contributed by atoms with Crippen molar-refractivity contribution in [3.8, 4) is 5.69 Å². The minimum Gasteiger partial charge on any atom is -0.366 e. The number of carbonyl (C=O) groups excluding carboxylic acids is 1. The van der Waals surface area contributed by atoms with Gasteiger partial charge in [-0.2, -0.15) is 5.10 Å². The quantitative estimate of drug-likeness (QED) is 0.877. The Kier molecular flexibility index (Phi) is 5.94. The van der Waals surface area contributed by atoms with Crippen LogP contribution in [0.4, 0.5) is 0 Å². The van der Waals surface area contributed by atoms with Gasteiger partial charge in [-0.25, -0.2) is 4.68 Å². The third kappa shape index (κ3) is 3.85. The molecule has 0 spiro atoms. The number of rotatable bonds is 4. The molecule has 1 aliphatic rings. The fourth-order valence-electron chi connectivity index (χ4n) is 2.33. The van der Waals surface area contributed by atoms with E-state index in [1.54, 1.807) is 10.9 Å². The Morgan fingerprint density at radius 2 is 2.27 bits per heavy atom. The van der Waals surface area contributed by atoms with Crippen molar-refractivity contribution < 1.29 is 9.53 Å². The molecule has 1 atom stereocenters. The number of morpholine rings is 1. The van der Waals surface area contributed by atoms with Gasteiger partial charge in [-0.05, 0) is 17.7 Å². The first-order chi connectivity index (χ1) is 10.3. The van der Waals surface area contributed by atoms with Crippen LogP contribution >= 0.6 is 12.4 Å². The van der Waals surface area contributed by atoms with Crippen LogP contribution < -0.4 is 10.6 Å². The minimum absolute atomic E-state index is 0. The molecule has 0 radical (unpaired) electrons. The number of para-hydroxylation sites is 1. The fraction of sp³-hybridized carbons (Fsp3) is 0.333. The van der Waals surface area contributed by atoms with Gasteiger partial charge in [0.2, 0.25) is 0 Å². The van der Waals surface area contributed by atoms with Crippen molar-refractivity contribution >= 4 is 18.3 Å². The lowest BCUT2D eigenvalue weighted by molar-refractivity contribution is -0.134. The van der Waals surface area contributed by atoms with E-state index in [9.17, 15) is 4.79 Å². The van der Waals surface area contributed by atoms with E-state index in [1.165, 1.54) is 0 Å². The van der Waals surface area contributed by atoms with E-state index in [0.717, 1.165) is 17.8 Å². The van der Waals surface area contributed by atoms with E-state index < -0.39 is 6.10 Å². The predicted octanol–water partition coefficient (Wildman–Crippen LogP) is 0.899. The molecule has 2 aromatic rings. The highest BCUT2D eigenvalue weighted by Gasteiger charge is 2.21. The van der Waals surface area contributed by atoms with Gasteiger partial charge >= 0.3 is 0 Å². The number of hydrogen-bond acceptors (Lipinski definition) is 4. The summed E-state index contributed by atoms with van der Waals surface area (Å²) in [6.45, 7) is 2.38. The van der Waals surface area contributed by atoms with E-state index in [4.69, 9.17) is 4.74 Å². The number of aromatic nitrogens is 2. The molecule has 3 rings (SSSR count). The average molecular weight is 323 g/mol. The number of amides is 1. The third-order valence-corrected chi connectivity index (χ3v) is 3.42. The van der Waals surface area contributed by atoms with Crippen molar-refractivity contribution in [2.45, 2.75) is 12.6 Å². The lowest BCUT2D eigenvalue weighted by atomic mass is 10.1. The largest absolute Gasteiger partial charge is 0.366 e. The summed E-state index contributed by atoms with van der Waals surface area (Å²) in [5.41, 5.74) is 1.98. The number of carbonyl (C=O) groups is 1. The number of hydrogen-bond donors (Lipinski definition) is 2. The molecule has 2 N–H and O–H groups in total. The molecule has 7 heteroatoms. The zero-order valence-electron chi connectivity index (χ0n) is 12.1. The highest BCUT2D eigenvalue weighted by atomic mass is 35.5. The smallest absolute Gasteiger partial charge is 0.250 e. The molecule has 1 aromatic heterocycles. The van der Waals surface area contributed by atoms with Crippen molar-refractivity contribution in [3.63, 3.8) is 0 Å². The Balaban J connectivity index is 0.00000176. The fourth-order valence-corrected chi connectivity index (χ4v) is 2.33. The lowest BCUT2D eigenvalue weighted by Crippen LogP contribution is -2.47. The summed E-state index contributed by atoms with van der Waals surface area (Å²) in [5.74, 6) is -0.0857. The maximum Gasteiger partial charge on any atom is 0.250 e. The second-order valence-electron chi connectivity index (χ2n) is 4.86. The van der Waals surface area contributed by atoms with Gasteiger partial charge in [0.1, 0.15) is 6.10 Å². The van der Waals surface area contributed by atoms with Crippen molar-refractivity contribution in [2.75, 3.05) is 19.7 Å². The zero-order valence-corrected chi connectivity index (χ0v) is 12.9. The standard InChI is InChI=1S/C15H18N4O2.ClH/c20-15(14-11-16-7-9-21-14)17-10-12-4-1-2-5-13(12)19-8-3-6-18-19;/h1-6,8,14,16H,7,9-11H2,(H,17,20);1H. The molecule has 1 amide bonds. The molecule has 0 aliphatic carbocycles. The summed E-state index contributed by atoms with van der Waals surface area (Å²) in [7, 11) is 0. The summed E-state index contributed by atoms with van der Waals surface area (Å²) in [6.07, 6.45) is 3.21. The Morgan fingerprint density at radius 3 is 3.00 bits per heavy atom. The predicted molar refractivity (Wildman–Crippen MR) is 85.3 cm³/mol. The first kappa shape index (κ1) is 16.5. The first-order valence-corrected chi connectivity index (χ1v) is 7.02. The van der Waals surface area contributed by atoms with Gasteiger partial charge in [0.15, 0.2) is 0 Å². The maximum atomic E-state index is 12.1. The molecule has 1 unspecified atom stereocenters. The van der Waals surface area contributed by atoms with Crippen LogP contribution in [0.5, 0.6) is 0 Å². The van der Waals surface area contributed by atoms with Gasteiger partial charge in [-0.1, -0.05) is 18.2 Å². The summed E-state index contributed by atoms with van der Waals surface area (Å²) in [5, 5.41) is 10.3. The molecule has 1 aromatic carbocycles. The first-order valence-electron chi connectivity index (χ1n) is 7.02. The summed E-state index contributed by atoms with van der Waals surface area (Å²) in [4.78, 5) is 12.1. The maximum absolute atomic E-state index is 12.1. The minimum atomic E-state index is -0.407. The molecular weight excluding hydrogens is 304 g/mol. The molecule has 22 heavy (non-hydrogen) atoms. The van der Waals surface area contributed by atoms with Crippen LogP contribution in [0.15, 0.2) is 42.7 Å². The second-order valence-corrected chi connectivity index (χ2v) is 4.86. The monoisotopic (exact) mass is 322 g/mol. The average Bonchev–Trinajstić information content (AvgIpc) is 3.08. The molecule has 118 valence electrons. The molecule has 6 nitrogen and oxygen atoms in total. The van der Waals surface area contributed by atoms with Gasteiger partial charge in [0.25, 0.3) is 5.91 Å². The zero-order chi connectivity index (χ0) is 14.5. The van der Waals surface area contributed by atoms with Crippen LogP contribution in [0.1, 0.15) is 5.56 Å². The topological polar surface area (TPSA) is 68.2 Å². The van der Waals surface area contributed by atoms with Gasteiger partial charge in [-0.15, -0.1) is 12.4 Å². The molecule has 1 aliphatic heterocycles. The van der Waals surface area contributed by atoms with Gasteiger partial charge in [0, 0.05) is 32.0 Å². The van der Waals surface area contributed by atoms with Gasteiger partial charge in [-0.3, -0.25) is 4.79 Å². The summed E-state index contributed by atoms with van der Waals surface area (Å²) >= 11 is 0. The van der Waals surface area contributed by atoms with E-state index in [2.05, 4.69) is 15.7 Å².